The zero-order valence-corrected chi connectivity index (χ0v) is 13.4. The predicted molar refractivity (Wildman–Crippen MR) is 77.5 cm³/mol. The van der Waals surface area contributed by atoms with E-state index >= 15 is 0 Å². The first-order chi connectivity index (χ1) is 10.1. The number of carboxylic acids is 1. The number of amides is 1. The van der Waals surface area contributed by atoms with E-state index in [0.29, 0.717) is 19.8 Å². The van der Waals surface area contributed by atoms with E-state index in [4.69, 9.17) is 9.47 Å². The van der Waals surface area contributed by atoms with Crippen molar-refractivity contribution < 1.29 is 29.3 Å². The minimum atomic E-state index is -1.44. The standard InChI is InChI=1S/C15H25NO6/c1-13(2,3)22-12(19)16-7-4-15(20,10-16)14(11(17)18)5-8-21-9-6-14/h20H,4-10H2,1-3H3,(H,17,18). The molecule has 2 fully saturated rings. The van der Waals surface area contributed by atoms with Gasteiger partial charge >= 0.3 is 12.1 Å². The van der Waals surface area contributed by atoms with E-state index in [1.165, 1.54) is 4.90 Å². The quantitative estimate of drug-likeness (QED) is 0.796. The number of hydrogen-bond donors (Lipinski definition) is 2. The first kappa shape index (κ1) is 17.0. The normalized spacial score (nSPS) is 28.5. The number of likely N-dealkylation sites (tertiary alicyclic amines) is 1. The maximum atomic E-state index is 12.1. The van der Waals surface area contributed by atoms with E-state index in [-0.39, 0.29) is 25.8 Å². The third-order valence-electron chi connectivity index (χ3n) is 4.55. The molecular formula is C15H25NO6. The molecule has 7 nitrogen and oxygen atoms in total. The van der Waals surface area contributed by atoms with E-state index in [1.807, 2.05) is 0 Å². The lowest BCUT2D eigenvalue weighted by Gasteiger charge is -2.44. The average molecular weight is 315 g/mol. The van der Waals surface area contributed by atoms with Crippen molar-refractivity contribution in [3.8, 4) is 0 Å². The lowest BCUT2D eigenvalue weighted by atomic mass is 9.66. The number of carbonyl (C=O) groups is 2. The highest BCUT2D eigenvalue weighted by Gasteiger charge is 2.59. The molecule has 0 radical (unpaired) electrons. The van der Waals surface area contributed by atoms with Crippen molar-refractivity contribution in [2.24, 2.45) is 5.41 Å². The number of carboxylic acid groups (broad SMARTS) is 1. The Morgan fingerprint density at radius 1 is 1.18 bits per heavy atom. The number of aliphatic hydroxyl groups is 1. The Balaban J connectivity index is 2.15. The molecule has 1 unspecified atom stereocenters. The molecule has 22 heavy (non-hydrogen) atoms. The summed E-state index contributed by atoms with van der Waals surface area (Å²) in [6.45, 7) is 6.19. The largest absolute Gasteiger partial charge is 0.481 e. The van der Waals surface area contributed by atoms with Crippen LogP contribution in [0.4, 0.5) is 4.79 Å². The van der Waals surface area contributed by atoms with Gasteiger partial charge in [-0.25, -0.2) is 4.79 Å². The molecule has 2 N–H and O–H groups in total. The number of ether oxygens (including phenoxy) is 2. The van der Waals surface area contributed by atoms with E-state index in [9.17, 15) is 19.8 Å². The van der Waals surface area contributed by atoms with Crippen LogP contribution in [0.1, 0.15) is 40.0 Å². The van der Waals surface area contributed by atoms with Crippen LogP contribution in [-0.2, 0) is 14.3 Å². The summed E-state index contributed by atoms with van der Waals surface area (Å²) in [6, 6.07) is 0. The number of hydrogen-bond acceptors (Lipinski definition) is 5. The van der Waals surface area contributed by atoms with Crippen molar-refractivity contribution in [1.29, 1.82) is 0 Å². The molecule has 2 aliphatic rings. The molecule has 0 spiro atoms. The van der Waals surface area contributed by atoms with E-state index in [1.54, 1.807) is 20.8 Å². The van der Waals surface area contributed by atoms with E-state index in [0.717, 1.165) is 0 Å². The molecule has 1 amide bonds. The van der Waals surface area contributed by atoms with Crippen LogP contribution in [0.5, 0.6) is 0 Å². The van der Waals surface area contributed by atoms with Gasteiger partial charge in [-0.3, -0.25) is 4.79 Å². The van der Waals surface area contributed by atoms with Crippen LogP contribution in [0.2, 0.25) is 0 Å². The van der Waals surface area contributed by atoms with Gasteiger partial charge in [-0.2, -0.15) is 0 Å². The minimum Gasteiger partial charge on any atom is -0.481 e. The summed E-state index contributed by atoms with van der Waals surface area (Å²) in [5.74, 6) is -1.02. The van der Waals surface area contributed by atoms with Crippen LogP contribution < -0.4 is 0 Å². The number of carbonyl (C=O) groups excluding carboxylic acids is 1. The van der Waals surface area contributed by atoms with Gasteiger partial charge in [0.2, 0.25) is 0 Å². The molecule has 0 bridgehead atoms. The van der Waals surface area contributed by atoms with Crippen LogP contribution in [0.3, 0.4) is 0 Å². The Labute approximate surface area is 130 Å². The van der Waals surface area contributed by atoms with Crippen LogP contribution >= 0.6 is 0 Å². The highest BCUT2D eigenvalue weighted by atomic mass is 16.6. The van der Waals surface area contributed by atoms with Crippen LogP contribution in [0.25, 0.3) is 0 Å². The summed E-state index contributed by atoms with van der Waals surface area (Å²) in [5, 5.41) is 20.6. The minimum absolute atomic E-state index is 0.0196. The topological polar surface area (TPSA) is 96.3 Å². The molecule has 0 aromatic heterocycles. The van der Waals surface area contributed by atoms with Crippen molar-refractivity contribution in [2.75, 3.05) is 26.3 Å². The maximum absolute atomic E-state index is 12.1. The summed E-state index contributed by atoms with van der Waals surface area (Å²) in [5.41, 5.74) is -3.33. The van der Waals surface area contributed by atoms with Crippen molar-refractivity contribution in [2.45, 2.75) is 51.2 Å². The van der Waals surface area contributed by atoms with Crippen molar-refractivity contribution >= 4 is 12.1 Å². The maximum Gasteiger partial charge on any atom is 0.410 e. The van der Waals surface area contributed by atoms with Gasteiger partial charge < -0.3 is 24.6 Å². The molecule has 1 atom stereocenters. The molecule has 2 heterocycles. The molecular weight excluding hydrogens is 290 g/mol. The Bertz CT molecular complexity index is 451. The molecule has 0 saturated carbocycles. The first-order valence-electron chi connectivity index (χ1n) is 7.61. The van der Waals surface area contributed by atoms with Gasteiger partial charge in [0.05, 0.1) is 6.54 Å². The first-order valence-corrected chi connectivity index (χ1v) is 7.61. The number of β-amino-alcohol motifs (C(OH)–C–C–N with tert-alkyl or cyclic N) is 1. The zero-order valence-electron chi connectivity index (χ0n) is 13.4. The number of aliphatic carboxylic acids is 1. The molecule has 2 saturated heterocycles. The van der Waals surface area contributed by atoms with Gasteiger partial charge in [-0.05, 0) is 40.0 Å². The van der Waals surface area contributed by atoms with Crippen molar-refractivity contribution in [3.63, 3.8) is 0 Å². The predicted octanol–water partition coefficient (Wildman–Crippen LogP) is 1.24. The summed E-state index contributed by atoms with van der Waals surface area (Å²) in [4.78, 5) is 25.3. The van der Waals surface area contributed by atoms with Gasteiger partial charge in [0, 0.05) is 19.8 Å². The van der Waals surface area contributed by atoms with Gasteiger partial charge in [-0.1, -0.05) is 0 Å². The molecule has 7 heteroatoms. The monoisotopic (exact) mass is 315 g/mol. The lowest BCUT2D eigenvalue weighted by molar-refractivity contribution is -0.181. The summed E-state index contributed by atoms with van der Waals surface area (Å²) < 4.78 is 10.5. The smallest absolute Gasteiger partial charge is 0.410 e. The van der Waals surface area contributed by atoms with E-state index in [2.05, 4.69) is 0 Å². The SMILES string of the molecule is CC(C)(C)OC(=O)N1CCC(O)(C2(C(=O)O)CCOCC2)C1. The molecule has 126 valence electrons. The van der Waals surface area contributed by atoms with Crippen molar-refractivity contribution in [3.05, 3.63) is 0 Å². The fraction of sp³-hybridized carbons (Fsp3) is 0.867. The summed E-state index contributed by atoms with van der Waals surface area (Å²) >= 11 is 0. The lowest BCUT2D eigenvalue weighted by Crippen LogP contribution is -2.57. The second kappa shape index (κ2) is 5.70. The molecule has 0 aromatic rings. The molecule has 2 aliphatic heterocycles. The Morgan fingerprint density at radius 2 is 1.77 bits per heavy atom. The van der Waals surface area contributed by atoms with Gasteiger partial charge in [0.15, 0.2) is 0 Å². The Hall–Kier alpha value is -1.34. The summed E-state index contributed by atoms with van der Waals surface area (Å²) in [6.07, 6.45) is 0.219. The van der Waals surface area contributed by atoms with Crippen LogP contribution in [-0.4, -0.2) is 64.7 Å². The van der Waals surface area contributed by atoms with Gasteiger partial charge in [0.25, 0.3) is 0 Å². The second-order valence-corrected chi connectivity index (χ2v) is 7.18. The van der Waals surface area contributed by atoms with Crippen molar-refractivity contribution in [1.82, 2.24) is 4.90 Å². The number of nitrogens with zero attached hydrogens (tertiary/aromatic N) is 1. The Kier molecular flexibility index (Phi) is 4.41. The molecule has 2 rings (SSSR count). The number of rotatable bonds is 2. The average Bonchev–Trinajstić information content (AvgIpc) is 2.82. The molecule has 0 aliphatic carbocycles. The highest BCUT2D eigenvalue weighted by molar-refractivity contribution is 5.77. The van der Waals surface area contributed by atoms with Crippen LogP contribution in [0.15, 0.2) is 0 Å². The third-order valence-corrected chi connectivity index (χ3v) is 4.55. The molecule has 0 aromatic carbocycles. The van der Waals surface area contributed by atoms with Gasteiger partial charge in [0.1, 0.15) is 16.6 Å². The second-order valence-electron chi connectivity index (χ2n) is 7.18. The van der Waals surface area contributed by atoms with Gasteiger partial charge in [-0.15, -0.1) is 0 Å². The highest BCUT2D eigenvalue weighted by Crippen LogP contribution is 2.46. The Morgan fingerprint density at radius 3 is 2.27 bits per heavy atom. The van der Waals surface area contributed by atoms with E-state index < -0.39 is 28.7 Å². The zero-order chi connectivity index (χ0) is 16.6. The summed E-state index contributed by atoms with van der Waals surface area (Å²) in [7, 11) is 0. The fourth-order valence-electron chi connectivity index (χ4n) is 3.26. The van der Waals surface area contributed by atoms with Crippen LogP contribution in [0, 0.1) is 5.41 Å². The fourth-order valence-corrected chi connectivity index (χ4v) is 3.26. The third kappa shape index (κ3) is 3.05.